The van der Waals surface area contributed by atoms with E-state index >= 15 is 0 Å². The van der Waals surface area contributed by atoms with Crippen LogP contribution in [0.4, 0.5) is 5.69 Å². The highest BCUT2D eigenvalue weighted by Crippen LogP contribution is 2.38. The van der Waals surface area contributed by atoms with Gasteiger partial charge in [0.25, 0.3) is 0 Å². The largest absolute Gasteiger partial charge is 0.399 e. The smallest absolute Gasteiger partial charge is 0.221 e. The quantitative estimate of drug-likeness (QED) is 0.825. The van der Waals surface area contributed by atoms with E-state index in [1.165, 1.54) is 0 Å². The lowest BCUT2D eigenvalue weighted by Gasteiger charge is -2.36. The first-order chi connectivity index (χ1) is 11.1. The summed E-state index contributed by atoms with van der Waals surface area (Å²) in [5, 5.41) is 2.89. The predicted octanol–water partition coefficient (Wildman–Crippen LogP) is 2.13. The second kappa shape index (κ2) is 7.20. The maximum absolute atomic E-state index is 13.3. The molecule has 0 spiro atoms. The summed E-state index contributed by atoms with van der Waals surface area (Å²) in [6.45, 7) is 3.12. The fourth-order valence-corrected chi connectivity index (χ4v) is 6.15. The maximum atomic E-state index is 13.3. The molecule has 2 fully saturated rings. The molecule has 2 aliphatic rings. The van der Waals surface area contributed by atoms with Gasteiger partial charge in [-0.1, -0.05) is 18.6 Å². The first-order valence-corrected chi connectivity index (χ1v) is 10.1. The molecular formula is C17H27N3O2S. The zero-order valence-corrected chi connectivity index (χ0v) is 14.4. The molecule has 1 atom stereocenters. The number of rotatable bonds is 4. The predicted molar refractivity (Wildman–Crippen MR) is 93.5 cm³/mol. The van der Waals surface area contributed by atoms with Crippen LogP contribution in [0.15, 0.2) is 24.3 Å². The van der Waals surface area contributed by atoms with Gasteiger partial charge in [0.1, 0.15) is 5.25 Å². The SMILES string of the molecule is Nc1ccc(C(C2CCNCC2)S(=O)(=O)N2CCCCC2)cc1. The summed E-state index contributed by atoms with van der Waals surface area (Å²) in [6, 6.07) is 7.41. The minimum Gasteiger partial charge on any atom is -0.399 e. The average molecular weight is 337 g/mol. The van der Waals surface area contributed by atoms with Crippen molar-refractivity contribution < 1.29 is 8.42 Å². The van der Waals surface area contributed by atoms with Gasteiger partial charge in [-0.15, -0.1) is 0 Å². The summed E-state index contributed by atoms with van der Waals surface area (Å²) in [5.41, 5.74) is 7.35. The molecule has 0 saturated carbocycles. The number of nitrogens with zero attached hydrogens (tertiary/aromatic N) is 1. The lowest BCUT2D eigenvalue weighted by molar-refractivity contribution is 0.314. The lowest BCUT2D eigenvalue weighted by Crippen LogP contribution is -2.42. The van der Waals surface area contributed by atoms with Crippen LogP contribution in [0.1, 0.15) is 42.9 Å². The lowest BCUT2D eigenvalue weighted by atomic mass is 9.90. The number of hydrogen-bond donors (Lipinski definition) is 2. The van der Waals surface area contributed by atoms with Gasteiger partial charge in [-0.05, 0) is 62.4 Å². The van der Waals surface area contributed by atoms with Crippen LogP contribution in [0, 0.1) is 5.92 Å². The topological polar surface area (TPSA) is 75.4 Å². The molecule has 128 valence electrons. The zero-order valence-electron chi connectivity index (χ0n) is 13.6. The number of sulfonamides is 1. The van der Waals surface area contributed by atoms with Crippen molar-refractivity contribution in [2.45, 2.75) is 37.4 Å². The molecule has 3 N–H and O–H groups in total. The standard InChI is InChI=1S/C17H27N3O2S/c18-16-6-4-14(5-7-16)17(15-8-10-19-11-9-15)23(21,22)20-12-2-1-3-13-20/h4-7,15,17,19H,1-3,8-13,18H2. The van der Waals surface area contributed by atoms with Gasteiger partial charge in [0.15, 0.2) is 0 Å². The summed E-state index contributed by atoms with van der Waals surface area (Å²) in [7, 11) is -3.32. The van der Waals surface area contributed by atoms with E-state index in [-0.39, 0.29) is 5.92 Å². The Labute approximate surface area is 139 Å². The Balaban J connectivity index is 1.94. The molecule has 1 unspecified atom stereocenters. The average Bonchev–Trinajstić information content (AvgIpc) is 2.58. The third kappa shape index (κ3) is 3.70. The third-order valence-electron chi connectivity index (χ3n) is 5.07. The van der Waals surface area contributed by atoms with Crippen LogP contribution in [-0.2, 0) is 10.0 Å². The maximum Gasteiger partial charge on any atom is 0.221 e. The molecule has 3 rings (SSSR count). The Hall–Kier alpha value is -1.11. The minimum atomic E-state index is -3.32. The Bertz CT molecular complexity index is 603. The van der Waals surface area contributed by atoms with Crippen molar-refractivity contribution in [3.8, 4) is 0 Å². The summed E-state index contributed by atoms with van der Waals surface area (Å²) in [6.07, 6.45) is 4.88. The van der Waals surface area contributed by atoms with E-state index in [2.05, 4.69) is 5.32 Å². The first-order valence-electron chi connectivity index (χ1n) is 8.64. The summed E-state index contributed by atoms with van der Waals surface area (Å²) >= 11 is 0. The van der Waals surface area contributed by atoms with Crippen LogP contribution >= 0.6 is 0 Å². The Morgan fingerprint density at radius 3 is 2.26 bits per heavy atom. The Morgan fingerprint density at radius 2 is 1.65 bits per heavy atom. The molecule has 1 aromatic rings. The van der Waals surface area contributed by atoms with Gasteiger partial charge in [0.05, 0.1) is 0 Å². The second-order valence-electron chi connectivity index (χ2n) is 6.68. The van der Waals surface area contributed by atoms with Gasteiger partial charge in [-0.25, -0.2) is 12.7 Å². The molecule has 0 aromatic heterocycles. The van der Waals surface area contributed by atoms with Gasteiger partial charge in [-0.2, -0.15) is 0 Å². The number of benzene rings is 1. The molecule has 0 amide bonds. The van der Waals surface area contributed by atoms with Crippen molar-refractivity contribution in [3.63, 3.8) is 0 Å². The second-order valence-corrected chi connectivity index (χ2v) is 8.73. The Morgan fingerprint density at radius 1 is 1.04 bits per heavy atom. The van der Waals surface area contributed by atoms with Gasteiger partial charge in [0, 0.05) is 18.8 Å². The highest BCUT2D eigenvalue weighted by atomic mass is 32.2. The summed E-state index contributed by atoms with van der Waals surface area (Å²) in [4.78, 5) is 0. The van der Waals surface area contributed by atoms with E-state index in [0.717, 1.165) is 50.8 Å². The monoisotopic (exact) mass is 337 g/mol. The van der Waals surface area contributed by atoms with Crippen molar-refractivity contribution >= 4 is 15.7 Å². The van der Waals surface area contributed by atoms with Crippen molar-refractivity contribution in [1.29, 1.82) is 0 Å². The number of anilines is 1. The van der Waals surface area contributed by atoms with Crippen LogP contribution in [0.3, 0.4) is 0 Å². The Kier molecular flexibility index (Phi) is 5.24. The number of nitrogen functional groups attached to an aromatic ring is 1. The number of piperidine rings is 2. The molecular weight excluding hydrogens is 310 g/mol. The molecule has 2 heterocycles. The minimum absolute atomic E-state index is 0.173. The molecule has 6 heteroatoms. The van der Waals surface area contributed by atoms with Crippen LogP contribution in [0.2, 0.25) is 0 Å². The van der Waals surface area contributed by atoms with E-state index in [1.54, 1.807) is 4.31 Å². The van der Waals surface area contributed by atoms with Gasteiger partial charge in [-0.3, -0.25) is 0 Å². The highest BCUT2D eigenvalue weighted by Gasteiger charge is 2.39. The van der Waals surface area contributed by atoms with E-state index < -0.39 is 15.3 Å². The van der Waals surface area contributed by atoms with E-state index in [1.807, 2.05) is 24.3 Å². The first kappa shape index (κ1) is 16.7. The molecule has 0 aliphatic carbocycles. The van der Waals surface area contributed by atoms with Crippen molar-refractivity contribution in [1.82, 2.24) is 9.62 Å². The van der Waals surface area contributed by atoms with Gasteiger partial charge < -0.3 is 11.1 Å². The third-order valence-corrected chi connectivity index (χ3v) is 7.46. The molecule has 2 aliphatic heterocycles. The van der Waals surface area contributed by atoms with Gasteiger partial charge in [0.2, 0.25) is 10.0 Å². The fraction of sp³-hybridized carbons (Fsp3) is 0.647. The molecule has 5 nitrogen and oxygen atoms in total. The number of nitrogens with two attached hydrogens (primary N) is 1. The van der Waals surface area contributed by atoms with Crippen LogP contribution in [-0.4, -0.2) is 38.9 Å². The van der Waals surface area contributed by atoms with Crippen molar-refractivity contribution in [3.05, 3.63) is 29.8 Å². The van der Waals surface area contributed by atoms with Crippen LogP contribution in [0.25, 0.3) is 0 Å². The van der Waals surface area contributed by atoms with E-state index in [9.17, 15) is 8.42 Å². The molecule has 0 bridgehead atoms. The summed E-state index contributed by atoms with van der Waals surface area (Å²) in [5.74, 6) is 0.173. The molecule has 1 aromatic carbocycles. The molecule has 2 saturated heterocycles. The fourth-order valence-electron chi connectivity index (χ4n) is 3.80. The number of hydrogen-bond acceptors (Lipinski definition) is 4. The van der Waals surface area contributed by atoms with E-state index in [4.69, 9.17) is 5.73 Å². The molecule has 0 radical (unpaired) electrons. The van der Waals surface area contributed by atoms with E-state index in [0.29, 0.717) is 18.8 Å². The van der Waals surface area contributed by atoms with Crippen molar-refractivity contribution in [2.24, 2.45) is 5.92 Å². The van der Waals surface area contributed by atoms with Crippen molar-refractivity contribution in [2.75, 3.05) is 31.9 Å². The number of nitrogens with one attached hydrogen (secondary N) is 1. The van der Waals surface area contributed by atoms with Crippen LogP contribution in [0.5, 0.6) is 0 Å². The van der Waals surface area contributed by atoms with Gasteiger partial charge >= 0.3 is 0 Å². The zero-order chi connectivity index (χ0) is 16.3. The normalized spacial score (nSPS) is 22.8. The van der Waals surface area contributed by atoms with Crippen LogP contribution < -0.4 is 11.1 Å². The molecule has 23 heavy (non-hydrogen) atoms. The highest BCUT2D eigenvalue weighted by molar-refractivity contribution is 7.89. The summed E-state index contributed by atoms with van der Waals surface area (Å²) < 4.78 is 28.4.